The number of amides is 1. The lowest BCUT2D eigenvalue weighted by molar-refractivity contribution is 0.0762. The Morgan fingerprint density at radius 3 is 2.96 bits per heavy atom. The lowest BCUT2D eigenvalue weighted by atomic mass is 10.1. The van der Waals surface area contributed by atoms with E-state index in [9.17, 15) is 4.79 Å². The van der Waals surface area contributed by atoms with Crippen molar-refractivity contribution >= 4 is 11.7 Å². The topological polar surface area (TPSA) is 71.7 Å². The molecule has 7 heteroatoms. The van der Waals surface area contributed by atoms with Crippen LogP contribution in [0.1, 0.15) is 34.5 Å². The summed E-state index contributed by atoms with van der Waals surface area (Å²) in [5.41, 5.74) is 2.82. The van der Waals surface area contributed by atoms with Crippen LogP contribution in [0.5, 0.6) is 0 Å². The Labute approximate surface area is 153 Å². The summed E-state index contributed by atoms with van der Waals surface area (Å²) < 4.78 is 10.6. The molecule has 0 radical (unpaired) electrons. The number of piperidine rings is 1. The molecule has 0 aromatic carbocycles. The van der Waals surface area contributed by atoms with E-state index in [1.165, 1.54) is 18.1 Å². The van der Waals surface area contributed by atoms with E-state index in [1.807, 2.05) is 4.90 Å². The molecule has 4 rings (SSSR count). The predicted molar refractivity (Wildman–Crippen MR) is 96.3 cm³/mol. The third-order valence-corrected chi connectivity index (χ3v) is 5.33. The number of rotatable bonds is 3. The number of hydrogen-bond acceptors (Lipinski definition) is 6. The number of aromatic nitrogens is 2. The van der Waals surface area contributed by atoms with Crippen molar-refractivity contribution < 1.29 is 13.9 Å². The van der Waals surface area contributed by atoms with Gasteiger partial charge in [-0.3, -0.25) is 4.79 Å². The summed E-state index contributed by atoms with van der Waals surface area (Å²) in [6.07, 6.45) is 8.64. The monoisotopic (exact) mass is 356 g/mol. The van der Waals surface area contributed by atoms with Gasteiger partial charge in [0.25, 0.3) is 5.91 Å². The second-order valence-electron chi connectivity index (χ2n) is 6.87. The Hall–Kier alpha value is -2.41. The number of hydrogen-bond donors (Lipinski definition) is 0. The maximum Gasteiger partial charge on any atom is 0.257 e. The smallest absolute Gasteiger partial charge is 0.257 e. The van der Waals surface area contributed by atoms with Crippen molar-refractivity contribution in [1.82, 2.24) is 14.9 Å². The third-order valence-electron chi connectivity index (χ3n) is 5.33. The van der Waals surface area contributed by atoms with E-state index in [0.717, 1.165) is 50.3 Å². The van der Waals surface area contributed by atoms with E-state index in [-0.39, 0.29) is 12.0 Å². The molecule has 0 unspecified atom stereocenters. The van der Waals surface area contributed by atoms with Crippen molar-refractivity contribution in [3.8, 4) is 0 Å². The van der Waals surface area contributed by atoms with Gasteiger partial charge < -0.3 is 19.0 Å². The largest absolute Gasteiger partial charge is 0.472 e. The first-order valence-electron chi connectivity index (χ1n) is 9.18. The highest BCUT2D eigenvalue weighted by atomic mass is 16.5. The summed E-state index contributed by atoms with van der Waals surface area (Å²) in [6, 6.07) is 1.71. The Kier molecular flexibility index (Phi) is 4.88. The molecular formula is C19H24N4O3. The second kappa shape index (κ2) is 7.45. The molecule has 0 saturated carbocycles. The van der Waals surface area contributed by atoms with Gasteiger partial charge in [0, 0.05) is 45.3 Å². The Morgan fingerprint density at radius 2 is 2.15 bits per heavy atom. The number of ether oxygens (including phenoxy) is 1. The van der Waals surface area contributed by atoms with Gasteiger partial charge in [-0.1, -0.05) is 0 Å². The van der Waals surface area contributed by atoms with E-state index >= 15 is 0 Å². The van der Waals surface area contributed by atoms with Gasteiger partial charge in [0.2, 0.25) is 0 Å². The second-order valence-corrected chi connectivity index (χ2v) is 6.87. The van der Waals surface area contributed by atoms with E-state index in [2.05, 4.69) is 14.9 Å². The highest BCUT2D eigenvalue weighted by Crippen LogP contribution is 2.27. The van der Waals surface area contributed by atoms with Crippen LogP contribution in [-0.4, -0.2) is 60.2 Å². The van der Waals surface area contributed by atoms with Crippen LogP contribution in [0.25, 0.3) is 0 Å². The molecule has 1 fully saturated rings. The van der Waals surface area contributed by atoms with Gasteiger partial charge in [-0.05, 0) is 25.3 Å². The summed E-state index contributed by atoms with van der Waals surface area (Å²) in [6.45, 7) is 3.17. The molecule has 2 aromatic rings. The van der Waals surface area contributed by atoms with Gasteiger partial charge in [0.1, 0.15) is 18.4 Å². The van der Waals surface area contributed by atoms with Crippen LogP contribution < -0.4 is 4.90 Å². The average molecular weight is 356 g/mol. The highest BCUT2D eigenvalue weighted by Gasteiger charge is 2.27. The zero-order chi connectivity index (χ0) is 17.9. The maximum atomic E-state index is 12.6. The lowest BCUT2D eigenvalue weighted by Gasteiger charge is -2.34. The predicted octanol–water partition coefficient (Wildman–Crippen LogP) is 1.93. The molecule has 4 heterocycles. The molecule has 1 amide bonds. The summed E-state index contributed by atoms with van der Waals surface area (Å²) in [7, 11) is 1.77. The number of nitrogens with zero attached hydrogens (tertiary/aromatic N) is 4. The van der Waals surface area contributed by atoms with Crippen LogP contribution >= 0.6 is 0 Å². The Bertz CT molecular complexity index is 762. The highest BCUT2D eigenvalue weighted by molar-refractivity contribution is 5.93. The van der Waals surface area contributed by atoms with E-state index < -0.39 is 0 Å². The number of methoxy groups -OCH3 is 1. The molecule has 0 N–H and O–H groups in total. The quantitative estimate of drug-likeness (QED) is 0.837. The molecule has 1 saturated heterocycles. The normalized spacial score (nSPS) is 20.6. The van der Waals surface area contributed by atoms with Gasteiger partial charge in [-0.15, -0.1) is 0 Å². The number of carbonyl (C=O) groups excluding carboxylic acids is 1. The molecule has 138 valence electrons. The number of furan rings is 1. The maximum absolute atomic E-state index is 12.6. The van der Waals surface area contributed by atoms with Crippen LogP contribution in [0.2, 0.25) is 0 Å². The summed E-state index contributed by atoms with van der Waals surface area (Å²) in [5.74, 6) is 1.02. The first-order valence-corrected chi connectivity index (χ1v) is 9.18. The molecule has 0 bridgehead atoms. The van der Waals surface area contributed by atoms with E-state index in [0.29, 0.717) is 18.7 Å². The van der Waals surface area contributed by atoms with Gasteiger partial charge in [-0.25, -0.2) is 9.97 Å². The van der Waals surface area contributed by atoms with Crippen LogP contribution in [-0.2, 0) is 17.6 Å². The molecule has 0 spiro atoms. The molecule has 2 aliphatic heterocycles. The molecular weight excluding hydrogens is 332 g/mol. The van der Waals surface area contributed by atoms with Crippen molar-refractivity contribution in [2.45, 2.75) is 31.8 Å². The lowest BCUT2D eigenvalue weighted by Crippen LogP contribution is -2.40. The van der Waals surface area contributed by atoms with Crippen molar-refractivity contribution in [3.05, 3.63) is 41.7 Å². The van der Waals surface area contributed by atoms with Gasteiger partial charge in [0.05, 0.1) is 23.6 Å². The minimum Gasteiger partial charge on any atom is -0.472 e. The molecule has 0 aliphatic carbocycles. The number of fused-ring (bicyclic) bond motifs is 1. The minimum atomic E-state index is 0.0125. The number of anilines is 1. The summed E-state index contributed by atoms with van der Waals surface area (Å²) in [5, 5.41) is 0. The van der Waals surface area contributed by atoms with E-state index in [1.54, 1.807) is 19.5 Å². The molecule has 2 aromatic heterocycles. The zero-order valence-electron chi connectivity index (χ0n) is 15.1. The van der Waals surface area contributed by atoms with Gasteiger partial charge in [-0.2, -0.15) is 0 Å². The van der Waals surface area contributed by atoms with Gasteiger partial charge >= 0.3 is 0 Å². The van der Waals surface area contributed by atoms with Crippen molar-refractivity contribution in [2.75, 3.05) is 38.2 Å². The molecule has 26 heavy (non-hydrogen) atoms. The first kappa shape index (κ1) is 17.0. The van der Waals surface area contributed by atoms with Crippen molar-refractivity contribution in [1.29, 1.82) is 0 Å². The van der Waals surface area contributed by atoms with Crippen molar-refractivity contribution in [2.24, 2.45) is 0 Å². The van der Waals surface area contributed by atoms with Crippen LogP contribution in [0.15, 0.2) is 29.3 Å². The third kappa shape index (κ3) is 3.31. The molecule has 1 atom stereocenters. The SMILES string of the molecule is CO[C@H]1CCCN(c2ncnc3c2CCN(C(=O)c2ccoc2)CC3)C1. The molecule has 7 nitrogen and oxygen atoms in total. The zero-order valence-corrected chi connectivity index (χ0v) is 15.1. The fourth-order valence-corrected chi connectivity index (χ4v) is 3.88. The fourth-order valence-electron chi connectivity index (χ4n) is 3.88. The first-order chi connectivity index (χ1) is 12.8. The fraction of sp³-hybridized carbons (Fsp3) is 0.526. The van der Waals surface area contributed by atoms with Crippen LogP contribution in [0.3, 0.4) is 0 Å². The summed E-state index contributed by atoms with van der Waals surface area (Å²) in [4.78, 5) is 25.9. The Morgan fingerprint density at radius 1 is 1.27 bits per heavy atom. The number of carbonyl (C=O) groups is 1. The summed E-state index contributed by atoms with van der Waals surface area (Å²) >= 11 is 0. The Balaban J connectivity index is 1.54. The van der Waals surface area contributed by atoms with E-state index in [4.69, 9.17) is 9.15 Å². The average Bonchev–Trinajstić information content (AvgIpc) is 3.14. The molecule has 2 aliphatic rings. The van der Waals surface area contributed by atoms with Crippen LogP contribution in [0.4, 0.5) is 5.82 Å². The minimum absolute atomic E-state index is 0.0125. The standard InChI is InChI=1S/C19H24N4O3/c1-25-15-3-2-7-23(11-15)18-16-4-8-22(9-5-17(16)20-13-21-18)19(24)14-6-10-26-12-14/h6,10,12-13,15H,2-5,7-9,11H2,1H3/t15-/m0/s1. The van der Waals surface area contributed by atoms with Gasteiger partial charge in [0.15, 0.2) is 0 Å². The van der Waals surface area contributed by atoms with Crippen molar-refractivity contribution in [3.63, 3.8) is 0 Å². The van der Waals surface area contributed by atoms with Crippen LogP contribution in [0, 0.1) is 0 Å².